The monoisotopic (exact) mass is 554 g/mol. The Labute approximate surface area is 235 Å². The number of aromatic nitrogens is 2. The van der Waals surface area contributed by atoms with Crippen molar-refractivity contribution in [3.8, 4) is 5.75 Å². The number of aryl methyl sites for hydroxylation is 1. The summed E-state index contributed by atoms with van der Waals surface area (Å²) in [6, 6.07) is 23.1. The van der Waals surface area contributed by atoms with E-state index >= 15 is 0 Å². The number of rotatable bonds is 11. The smallest absolute Gasteiger partial charge is 0.307 e. The summed E-state index contributed by atoms with van der Waals surface area (Å²) >= 11 is 6.09. The fourth-order valence-electron chi connectivity index (χ4n) is 4.72. The van der Waals surface area contributed by atoms with Gasteiger partial charge in [-0.1, -0.05) is 60.2 Å². The predicted molar refractivity (Wildman–Crippen MR) is 157 cm³/mol. The van der Waals surface area contributed by atoms with Crippen LogP contribution in [0, 0.1) is 0 Å². The first-order valence-electron chi connectivity index (χ1n) is 12.9. The van der Waals surface area contributed by atoms with Gasteiger partial charge in [0.25, 0.3) is 0 Å². The lowest BCUT2D eigenvalue weighted by Gasteiger charge is -2.07. The number of ether oxygens (including phenoxy) is 1. The van der Waals surface area contributed by atoms with Crippen molar-refractivity contribution in [2.24, 2.45) is 0 Å². The number of benzene rings is 3. The van der Waals surface area contributed by atoms with Crippen molar-refractivity contribution in [2.45, 2.75) is 32.4 Å². The Balaban J connectivity index is 1.31. The molecule has 2 N–H and O–H groups in total. The van der Waals surface area contributed by atoms with Gasteiger partial charge in [-0.3, -0.25) is 9.59 Å². The van der Waals surface area contributed by atoms with Crippen molar-refractivity contribution in [1.82, 2.24) is 9.55 Å². The van der Waals surface area contributed by atoms with Crippen LogP contribution in [-0.4, -0.2) is 31.7 Å². The molecule has 0 bridgehead atoms. The molecule has 0 unspecified atom stereocenters. The van der Waals surface area contributed by atoms with Gasteiger partial charge in [0, 0.05) is 40.5 Å². The summed E-state index contributed by atoms with van der Waals surface area (Å²) in [6.07, 6.45) is 6.17. The van der Waals surface area contributed by atoms with Crippen LogP contribution in [0.5, 0.6) is 5.75 Å². The quantitative estimate of drug-likeness (QED) is 0.169. The highest BCUT2D eigenvalue weighted by Crippen LogP contribution is 2.28. The lowest BCUT2D eigenvalue weighted by Crippen LogP contribution is -2.01. The van der Waals surface area contributed by atoms with Crippen molar-refractivity contribution in [3.05, 3.63) is 106 Å². The molecule has 40 heavy (non-hydrogen) atoms. The molecule has 8 heteroatoms. The number of carbonyl (C=O) groups is 2. The standard InChI is InChI=1S/C32H27ClN2O5/c33-25-12-10-22-11-13-26(34-28(22)18-25)20-40-27-14-7-21(8-15-27)6-9-23-3-1-4-29-32(23)24(17-31(38)39)19-35(29)16-2-5-30(36)37/h1,3-4,6-15,18-19H,2,5,16-17,20H2,(H,36,37)(H,38,39)/b9-6+. The number of halogens is 1. The Morgan fingerprint density at radius 3 is 2.52 bits per heavy atom. The highest BCUT2D eigenvalue weighted by atomic mass is 35.5. The van der Waals surface area contributed by atoms with E-state index in [0.29, 0.717) is 30.2 Å². The van der Waals surface area contributed by atoms with Crippen LogP contribution in [0.1, 0.15) is 35.2 Å². The van der Waals surface area contributed by atoms with Gasteiger partial charge in [-0.05, 0) is 59.5 Å². The van der Waals surface area contributed by atoms with E-state index in [0.717, 1.165) is 44.4 Å². The first kappa shape index (κ1) is 27.0. The molecule has 0 amide bonds. The van der Waals surface area contributed by atoms with Crippen molar-refractivity contribution in [2.75, 3.05) is 0 Å². The number of fused-ring (bicyclic) bond motifs is 2. The summed E-state index contributed by atoms with van der Waals surface area (Å²) in [4.78, 5) is 27.1. The summed E-state index contributed by atoms with van der Waals surface area (Å²) < 4.78 is 7.88. The second-order valence-corrected chi connectivity index (χ2v) is 9.92. The van der Waals surface area contributed by atoms with Gasteiger partial charge in [0.1, 0.15) is 12.4 Å². The zero-order chi connectivity index (χ0) is 28.1. The van der Waals surface area contributed by atoms with Gasteiger partial charge in [-0.15, -0.1) is 0 Å². The summed E-state index contributed by atoms with van der Waals surface area (Å²) in [5.41, 5.74) is 5.07. The van der Waals surface area contributed by atoms with Gasteiger partial charge >= 0.3 is 11.9 Å². The van der Waals surface area contributed by atoms with Crippen molar-refractivity contribution >= 4 is 57.5 Å². The van der Waals surface area contributed by atoms with Crippen molar-refractivity contribution in [3.63, 3.8) is 0 Å². The highest BCUT2D eigenvalue weighted by molar-refractivity contribution is 6.31. The maximum Gasteiger partial charge on any atom is 0.307 e. The Hall–Kier alpha value is -4.62. The van der Waals surface area contributed by atoms with E-state index < -0.39 is 11.9 Å². The fourth-order valence-corrected chi connectivity index (χ4v) is 4.89. The highest BCUT2D eigenvalue weighted by Gasteiger charge is 2.14. The molecule has 2 heterocycles. The van der Waals surface area contributed by atoms with Gasteiger partial charge in [-0.25, -0.2) is 4.98 Å². The van der Waals surface area contributed by atoms with Gasteiger partial charge in [-0.2, -0.15) is 0 Å². The normalized spacial score (nSPS) is 11.4. The van der Waals surface area contributed by atoms with E-state index in [1.54, 1.807) is 0 Å². The van der Waals surface area contributed by atoms with E-state index in [2.05, 4.69) is 4.98 Å². The molecule has 0 saturated carbocycles. The zero-order valence-electron chi connectivity index (χ0n) is 21.6. The molecule has 0 fully saturated rings. The van der Waals surface area contributed by atoms with Gasteiger partial charge in [0.05, 0.1) is 17.6 Å². The van der Waals surface area contributed by atoms with E-state index in [1.165, 1.54) is 0 Å². The Morgan fingerprint density at radius 2 is 1.75 bits per heavy atom. The van der Waals surface area contributed by atoms with E-state index in [4.69, 9.17) is 21.4 Å². The zero-order valence-corrected chi connectivity index (χ0v) is 22.3. The van der Waals surface area contributed by atoms with E-state index in [9.17, 15) is 14.7 Å². The van der Waals surface area contributed by atoms with Crippen LogP contribution >= 0.6 is 11.6 Å². The average molecular weight is 555 g/mol. The molecule has 0 saturated heterocycles. The molecule has 0 atom stereocenters. The van der Waals surface area contributed by atoms with Crippen molar-refractivity contribution < 1.29 is 24.5 Å². The molecule has 0 aliphatic rings. The molecule has 2 aromatic heterocycles. The molecule has 5 aromatic rings. The van der Waals surface area contributed by atoms with E-state index in [-0.39, 0.29) is 12.8 Å². The number of carboxylic acid groups (broad SMARTS) is 2. The van der Waals surface area contributed by atoms with Crippen LogP contribution in [0.4, 0.5) is 0 Å². The molecular weight excluding hydrogens is 528 g/mol. The minimum absolute atomic E-state index is 0.0564. The Kier molecular flexibility index (Phi) is 8.12. The molecule has 5 rings (SSSR count). The molecule has 202 valence electrons. The Morgan fingerprint density at radius 1 is 0.950 bits per heavy atom. The third kappa shape index (κ3) is 6.50. The minimum Gasteiger partial charge on any atom is -0.487 e. The molecule has 7 nitrogen and oxygen atoms in total. The summed E-state index contributed by atoms with van der Waals surface area (Å²) in [5, 5.41) is 21.0. The van der Waals surface area contributed by atoms with Crippen LogP contribution in [0.25, 0.3) is 34.0 Å². The van der Waals surface area contributed by atoms with Crippen LogP contribution < -0.4 is 4.74 Å². The molecule has 0 radical (unpaired) electrons. The van der Waals surface area contributed by atoms with Crippen LogP contribution in [0.3, 0.4) is 0 Å². The van der Waals surface area contributed by atoms with Gasteiger partial charge in [0.2, 0.25) is 0 Å². The van der Waals surface area contributed by atoms with Crippen LogP contribution in [0.15, 0.2) is 79.0 Å². The fraction of sp³-hybridized carbons (Fsp3) is 0.156. The predicted octanol–water partition coefficient (Wildman–Crippen LogP) is 7.08. The lowest BCUT2D eigenvalue weighted by atomic mass is 10.0. The molecular formula is C32H27ClN2O5. The minimum atomic E-state index is -0.915. The van der Waals surface area contributed by atoms with Gasteiger partial charge < -0.3 is 19.5 Å². The van der Waals surface area contributed by atoms with Crippen LogP contribution in [-0.2, 0) is 29.2 Å². The maximum atomic E-state index is 11.5. The topological polar surface area (TPSA) is 102 Å². The molecule has 0 spiro atoms. The molecule has 3 aromatic carbocycles. The summed E-state index contributed by atoms with van der Waals surface area (Å²) in [5.74, 6) is -1.05. The van der Waals surface area contributed by atoms with Crippen molar-refractivity contribution in [1.29, 1.82) is 0 Å². The average Bonchev–Trinajstić information content (AvgIpc) is 3.28. The first-order chi connectivity index (χ1) is 19.4. The third-order valence-corrected chi connectivity index (χ3v) is 6.82. The number of hydrogen-bond donors (Lipinski definition) is 2. The number of carboxylic acids is 2. The second-order valence-electron chi connectivity index (χ2n) is 9.49. The molecule has 0 aliphatic heterocycles. The van der Waals surface area contributed by atoms with E-state index in [1.807, 2.05) is 95.7 Å². The first-order valence-corrected chi connectivity index (χ1v) is 13.2. The second kappa shape index (κ2) is 12.1. The summed E-state index contributed by atoms with van der Waals surface area (Å²) in [7, 11) is 0. The Bertz CT molecular complexity index is 1720. The number of hydrogen-bond acceptors (Lipinski definition) is 4. The van der Waals surface area contributed by atoms with Gasteiger partial charge in [0.15, 0.2) is 0 Å². The van der Waals surface area contributed by atoms with Crippen LogP contribution in [0.2, 0.25) is 5.02 Å². The largest absolute Gasteiger partial charge is 0.487 e. The number of aliphatic carboxylic acids is 2. The maximum absolute atomic E-state index is 11.5. The number of pyridine rings is 1. The summed E-state index contributed by atoms with van der Waals surface area (Å²) in [6.45, 7) is 0.828. The SMILES string of the molecule is O=C(O)CCCn1cc(CC(=O)O)c2c(/C=C/c3ccc(OCc4ccc5ccc(Cl)cc5n4)cc3)cccc21. The third-order valence-electron chi connectivity index (χ3n) is 6.58. The number of nitrogens with zero attached hydrogens (tertiary/aromatic N) is 2. The lowest BCUT2D eigenvalue weighted by molar-refractivity contribution is -0.137. The molecule has 0 aliphatic carbocycles.